The molecule has 128 valence electrons. The molecule has 1 unspecified atom stereocenters. The molecule has 2 aromatic rings. The summed E-state index contributed by atoms with van der Waals surface area (Å²) in [5.74, 6) is 0.574. The van der Waals surface area contributed by atoms with Gasteiger partial charge in [-0.15, -0.1) is 0 Å². The lowest BCUT2D eigenvalue weighted by Gasteiger charge is -2.26. The predicted molar refractivity (Wildman–Crippen MR) is 93.6 cm³/mol. The van der Waals surface area contributed by atoms with Crippen LogP contribution in [0.4, 0.5) is 0 Å². The largest absolute Gasteiger partial charge is 0.487 e. The second kappa shape index (κ2) is 8.06. The fourth-order valence-corrected chi connectivity index (χ4v) is 2.30. The van der Waals surface area contributed by atoms with E-state index >= 15 is 0 Å². The second-order valence-electron chi connectivity index (χ2n) is 5.54. The number of ether oxygens (including phenoxy) is 3. The topological polar surface area (TPSA) is 44.8 Å². The Morgan fingerprint density at radius 1 is 1.17 bits per heavy atom. The third-order valence-electron chi connectivity index (χ3n) is 3.77. The summed E-state index contributed by atoms with van der Waals surface area (Å²) in [7, 11) is 1.34. The van der Waals surface area contributed by atoms with E-state index in [-0.39, 0.29) is 0 Å². The average Bonchev–Trinajstić information content (AvgIpc) is 2.62. The van der Waals surface area contributed by atoms with Crippen molar-refractivity contribution in [3.63, 3.8) is 0 Å². The van der Waals surface area contributed by atoms with Crippen LogP contribution in [-0.2, 0) is 16.1 Å². The van der Waals surface area contributed by atoms with Gasteiger partial charge in [-0.1, -0.05) is 48.9 Å². The Balaban J connectivity index is 2.14. The van der Waals surface area contributed by atoms with Crippen LogP contribution in [0.15, 0.2) is 48.5 Å². The Hall–Kier alpha value is -2.20. The van der Waals surface area contributed by atoms with Crippen LogP contribution in [0.5, 0.6) is 11.5 Å². The number of hydrogen-bond acceptors (Lipinski definition) is 4. The molecule has 0 aliphatic heterocycles. The van der Waals surface area contributed by atoms with Gasteiger partial charge in [0.1, 0.15) is 18.1 Å². The predicted octanol–water partition coefficient (Wildman–Crippen LogP) is 4.64. The van der Waals surface area contributed by atoms with Crippen molar-refractivity contribution < 1.29 is 19.0 Å². The van der Waals surface area contributed by atoms with Crippen LogP contribution in [-0.4, -0.2) is 18.7 Å². The number of hydrogen-bond donors (Lipinski definition) is 0. The van der Waals surface area contributed by atoms with E-state index in [1.165, 1.54) is 7.11 Å². The lowest BCUT2D eigenvalue weighted by molar-refractivity contribution is -0.157. The molecule has 0 heterocycles. The van der Waals surface area contributed by atoms with Crippen molar-refractivity contribution in [2.45, 2.75) is 32.5 Å². The molecule has 0 aliphatic rings. The molecule has 0 radical (unpaired) electrons. The SMILES string of the molecule is CCC(C)(Oc1ccc(Cl)c(OCc2ccccc2)c1)C(=O)OC. The molecule has 1 atom stereocenters. The number of carbonyl (C=O) groups is 1. The van der Waals surface area contributed by atoms with Crippen LogP contribution < -0.4 is 9.47 Å². The Morgan fingerprint density at radius 2 is 1.88 bits per heavy atom. The minimum Gasteiger partial charge on any atom is -0.487 e. The molecule has 24 heavy (non-hydrogen) atoms. The number of rotatable bonds is 7. The van der Waals surface area contributed by atoms with Gasteiger partial charge in [0, 0.05) is 6.07 Å². The highest BCUT2D eigenvalue weighted by Gasteiger charge is 2.35. The Kier molecular flexibility index (Phi) is 6.10. The quantitative estimate of drug-likeness (QED) is 0.684. The zero-order valence-corrected chi connectivity index (χ0v) is 14.8. The molecule has 0 saturated heterocycles. The third kappa shape index (κ3) is 4.42. The fraction of sp³-hybridized carbons (Fsp3) is 0.316. The highest BCUT2D eigenvalue weighted by atomic mass is 35.5. The van der Waals surface area contributed by atoms with Crippen molar-refractivity contribution in [2.75, 3.05) is 7.11 Å². The Labute approximate surface area is 147 Å². The number of esters is 1. The summed E-state index contributed by atoms with van der Waals surface area (Å²) in [4.78, 5) is 11.9. The van der Waals surface area contributed by atoms with Gasteiger partial charge >= 0.3 is 5.97 Å². The van der Waals surface area contributed by atoms with Gasteiger partial charge in [-0.3, -0.25) is 0 Å². The second-order valence-corrected chi connectivity index (χ2v) is 5.95. The summed E-state index contributed by atoms with van der Waals surface area (Å²) in [6.07, 6.45) is 0.475. The first-order chi connectivity index (χ1) is 11.5. The molecule has 2 rings (SSSR count). The van der Waals surface area contributed by atoms with E-state index in [0.29, 0.717) is 29.5 Å². The summed E-state index contributed by atoms with van der Waals surface area (Å²) in [5, 5.41) is 0.481. The van der Waals surface area contributed by atoms with Crippen LogP contribution in [0, 0.1) is 0 Å². The standard InChI is InChI=1S/C19H21ClO4/c1-4-19(2,18(21)22-3)24-15-10-11-16(20)17(12-15)23-13-14-8-6-5-7-9-14/h5-12H,4,13H2,1-3H3. The van der Waals surface area contributed by atoms with Crippen molar-refractivity contribution in [1.82, 2.24) is 0 Å². The van der Waals surface area contributed by atoms with Gasteiger partial charge in [0.15, 0.2) is 0 Å². The van der Waals surface area contributed by atoms with Gasteiger partial charge in [0.2, 0.25) is 5.60 Å². The molecule has 0 aliphatic carbocycles. The molecule has 5 heteroatoms. The summed E-state index contributed by atoms with van der Waals surface area (Å²) < 4.78 is 16.4. The average molecular weight is 349 g/mol. The van der Waals surface area contributed by atoms with Crippen LogP contribution in [0.2, 0.25) is 5.02 Å². The van der Waals surface area contributed by atoms with Crippen LogP contribution >= 0.6 is 11.6 Å². The Morgan fingerprint density at radius 3 is 2.50 bits per heavy atom. The molecular formula is C19H21ClO4. The van der Waals surface area contributed by atoms with E-state index < -0.39 is 11.6 Å². The van der Waals surface area contributed by atoms with Crippen molar-refractivity contribution in [2.24, 2.45) is 0 Å². The maximum atomic E-state index is 11.9. The molecule has 4 nitrogen and oxygen atoms in total. The molecule has 0 N–H and O–H groups in total. The molecule has 0 amide bonds. The van der Waals surface area contributed by atoms with Gasteiger partial charge in [0.25, 0.3) is 0 Å². The summed E-state index contributed by atoms with van der Waals surface area (Å²) in [6.45, 7) is 3.95. The van der Waals surface area contributed by atoms with E-state index in [1.54, 1.807) is 25.1 Å². The van der Waals surface area contributed by atoms with Gasteiger partial charge in [-0.25, -0.2) is 4.79 Å². The monoisotopic (exact) mass is 348 g/mol. The minimum atomic E-state index is -1.06. The highest BCUT2D eigenvalue weighted by molar-refractivity contribution is 6.32. The van der Waals surface area contributed by atoms with Crippen LogP contribution in [0.1, 0.15) is 25.8 Å². The van der Waals surface area contributed by atoms with E-state index in [2.05, 4.69) is 0 Å². The molecule has 0 saturated carbocycles. The van der Waals surface area contributed by atoms with E-state index in [1.807, 2.05) is 37.3 Å². The molecule has 0 spiro atoms. The van der Waals surface area contributed by atoms with Gasteiger partial charge in [0.05, 0.1) is 12.1 Å². The van der Waals surface area contributed by atoms with Crippen molar-refractivity contribution in [1.29, 1.82) is 0 Å². The third-order valence-corrected chi connectivity index (χ3v) is 4.09. The zero-order valence-electron chi connectivity index (χ0n) is 14.0. The summed E-state index contributed by atoms with van der Waals surface area (Å²) >= 11 is 6.19. The van der Waals surface area contributed by atoms with Gasteiger partial charge < -0.3 is 14.2 Å². The fourth-order valence-electron chi connectivity index (χ4n) is 2.13. The van der Waals surface area contributed by atoms with Crippen LogP contribution in [0.3, 0.4) is 0 Å². The molecule has 0 bridgehead atoms. The minimum absolute atomic E-state index is 0.395. The van der Waals surface area contributed by atoms with Crippen molar-refractivity contribution >= 4 is 17.6 Å². The summed E-state index contributed by atoms with van der Waals surface area (Å²) in [5.41, 5.74) is -0.0212. The molecule has 0 aromatic heterocycles. The zero-order chi connectivity index (χ0) is 17.6. The smallest absolute Gasteiger partial charge is 0.349 e. The van der Waals surface area contributed by atoms with E-state index in [0.717, 1.165) is 5.56 Å². The molecule has 2 aromatic carbocycles. The highest BCUT2D eigenvalue weighted by Crippen LogP contribution is 2.32. The maximum Gasteiger partial charge on any atom is 0.349 e. The number of halogens is 1. The van der Waals surface area contributed by atoms with Crippen molar-refractivity contribution in [3.05, 3.63) is 59.1 Å². The molecule has 0 fully saturated rings. The number of methoxy groups -OCH3 is 1. The molecular weight excluding hydrogens is 328 g/mol. The Bertz CT molecular complexity index is 687. The summed E-state index contributed by atoms with van der Waals surface area (Å²) in [6, 6.07) is 14.9. The first-order valence-electron chi connectivity index (χ1n) is 7.72. The van der Waals surface area contributed by atoms with Gasteiger partial charge in [-0.2, -0.15) is 0 Å². The first-order valence-corrected chi connectivity index (χ1v) is 8.10. The lowest BCUT2D eigenvalue weighted by Crippen LogP contribution is -2.41. The normalized spacial score (nSPS) is 13.0. The lowest BCUT2D eigenvalue weighted by atomic mass is 10.0. The van der Waals surface area contributed by atoms with E-state index in [4.69, 9.17) is 25.8 Å². The number of carbonyl (C=O) groups excluding carboxylic acids is 1. The van der Waals surface area contributed by atoms with E-state index in [9.17, 15) is 4.79 Å². The van der Waals surface area contributed by atoms with Crippen LogP contribution in [0.25, 0.3) is 0 Å². The van der Waals surface area contributed by atoms with Crippen molar-refractivity contribution in [3.8, 4) is 11.5 Å². The van der Waals surface area contributed by atoms with Gasteiger partial charge in [-0.05, 0) is 31.0 Å². The number of benzene rings is 2. The first kappa shape index (κ1) is 18.1. The maximum absolute atomic E-state index is 11.9.